The van der Waals surface area contributed by atoms with E-state index in [4.69, 9.17) is 0 Å². The zero-order chi connectivity index (χ0) is 10.9. The molecule has 1 aromatic rings. The molecule has 0 aromatic heterocycles. The van der Waals surface area contributed by atoms with Crippen molar-refractivity contribution >= 4 is 0 Å². The molecule has 0 aliphatic rings. The molecule has 0 saturated carbocycles. The third kappa shape index (κ3) is 2.05. The van der Waals surface area contributed by atoms with Crippen molar-refractivity contribution in [2.24, 2.45) is 5.92 Å². The van der Waals surface area contributed by atoms with Gasteiger partial charge < -0.3 is 0 Å². The minimum absolute atomic E-state index is 0.569. The molecule has 0 atom stereocenters. The summed E-state index contributed by atoms with van der Waals surface area (Å²) in [4.78, 5) is 0. The summed E-state index contributed by atoms with van der Waals surface area (Å²) in [5.74, 6) is -6.17. The van der Waals surface area contributed by atoms with Crippen LogP contribution in [0.4, 0.5) is 17.6 Å². The fourth-order valence-electron chi connectivity index (χ4n) is 1.08. The lowest BCUT2D eigenvalue weighted by atomic mass is 9.98. The number of halogens is 4. The molecule has 0 heterocycles. The first kappa shape index (κ1) is 11.0. The van der Waals surface area contributed by atoms with Crippen molar-refractivity contribution in [3.8, 4) is 0 Å². The quantitative estimate of drug-likeness (QED) is 0.647. The Morgan fingerprint density at radius 3 is 1.79 bits per heavy atom. The van der Waals surface area contributed by atoms with Crippen LogP contribution in [0, 0.1) is 17.6 Å². The minimum atomic E-state index is -3.21. The van der Waals surface area contributed by atoms with E-state index in [2.05, 4.69) is 0 Å². The van der Waals surface area contributed by atoms with Crippen molar-refractivity contribution in [2.45, 2.75) is 19.8 Å². The molecular weight excluding hydrogens is 196 g/mol. The molecule has 0 radical (unpaired) electrons. The van der Waals surface area contributed by atoms with Gasteiger partial charge in [0, 0.05) is 17.5 Å². The highest BCUT2D eigenvalue weighted by Crippen LogP contribution is 2.36. The maximum absolute atomic E-state index is 13.3. The van der Waals surface area contributed by atoms with Crippen molar-refractivity contribution in [3.63, 3.8) is 0 Å². The van der Waals surface area contributed by atoms with E-state index in [0.29, 0.717) is 18.2 Å². The molecule has 1 rings (SSSR count). The first-order chi connectivity index (χ1) is 6.34. The van der Waals surface area contributed by atoms with E-state index in [1.165, 1.54) is 13.8 Å². The fraction of sp³-hybridized carbons (Fsp3) is 0.400. The fourth-order valence-corrected chi connectivity index (χ4v) is 1.08. The highest BCUT2D eigenvalue weighted by Gasteiger charge is 2.36. The second-order valence-corrected chi connectivity index (χ2v) is 3.44. The van der Waals surface area contributed by atoms with Crippen molar-refractivity contribution in [3.05, 3.63) is 35.4 Å². The minimum Gasteiger partial charge on any atom is -0.207 e. The number of hydrogen-bond acceptors (Lipinski definition) is 0. The van der Waals surface area contributed by atoms with Gasteiger partial charge in [-0.05, 0) is 12.1 Å². The lowest BCUT2D eigenvalue weighted by molar-refractivity contribution is -0.0518. The molecule has 4 heteroatoms. The summed E-state index contributed by atoms with van der Waals surface area (Å²) in [5.41, 5.74) is -0.620. The van der Waals surface area contributed by atoms with Gasteiger partial charge >= 0.3 is 0 Å². The number of alkyl halides is 2. The van der Waals surface area contributed by atoms with Gasteiger partial charge in [0.1, 0.15) is 11.6 Å². The molecule has 0 nitrogen and oxygen atoms in total. The standard InChI is InChI=1S/C10H10F4/c1-6(2)10(13,14)7-3-8(11)5-9(12)4-7/h3-6H,1-2H3. The second kappa shape index (κ2) is 3.59. The molecule has 0 aliphatic heterocycles. The van der Waals surface area contributed by atoms with Crippen LogP contribution in [-0.2, 0) is 5.92 Å². The maximum Gasteiger partial charge on any atom is 0.275 e. The molecular formula is C10H10F4. The van der Waals surface area contributed by atoms with E-state index in [1.54, 1.807) is 0 Å². The highest BCUT2D eigenvalue weighted by molar-refractivity contribution is 5.22. The Hall–Kier alpha value is -1.06. The summed E-state index contributed by atoms with van der Waals surface area (Å²) in [6.45, 7) is 2.59. The molecule has 1 aromatic carbocycles. The van der Waals surface area contributed by atoms with Gasteiger partial charge in [0.15, 0.2) is 0 Å². The Bertz CT molecular complexity index is 311. The van der Waals surface area contributed by atoms with Crippen LogP contribution in [0.5, 0.6) is 0 Å². The highest BCUT2D eigenvalue weighted by atomic mass is 19.3. The van der Waals surface area contributed by atoms with E-state index in [0.717, 1.165) is 0 Å². The summed E-state index contributed by atoms with van der Waals surface area (Å²) in [6.07, 6.45) is 0. The summed E-state index contributed by atoms with van der Waals surface area (Å²) in [7, 11) is 0. The molecule has 0 spiro atoms. The molecule has 78 valence electrons. The predicted octanol–water partition coefficient (Wildman–Crippen LogP) is 3.71. The van der Waals surface area contributed by atoms with Crippen LogP contribution in [0.3, 0.4) is 0 Å². The summed E-state index contributed by atoms with van der Waals surface area (Å²) >= 11 is 0. The summed E-state index contributed by atoms with van der Waals surface area (Å²) in [6, 6.07) is 1.88. The molecule has 0 unspecified atom stereocenters. The Balaban J connectivity index is 3.18. The summed E-state index contributed by atoms with van der Waals surface area (Å²) < 4.78 is 51.9. The number of benzene rings is 1. The van der Waals surface area contributed by atoms with Crippen molar-refractivity contribution in [2.75, 3.05) is 0 Å². The van der Waals surface area contributed by atoms with Crippen LogP contribution in [0.15, 0.2) is 18.2 Å². The Morgan fingerprint density at radius 2 is 1.43 bits per heavy atom. The van der Waals surface area contributed by atoms with Gasteiger partial charge in [-0.2, -0.15) is 0 Å². The van der Waals surface area contributed by atoms with E-state index in [1.807, 2.05) is 0 Å². The second-order valence-electron chi connectivity index (χ2n) is 3.44. The predicted molar refractivity (Wildman–Crippen MR) is 45.1 cm³/mol. The van der Waals surface area contributed by atoms with Crippen LogP contribution < -0.4 is 0 Å². The monoisotopic (exact) mass is 206 g/mol. The van der Waals surface area contributed by atoms with E-state index in [9.17, 15) is 17.6 Å². The van der Waals surface area contributed by atoms with Crippen molar-refractivity contribution < 1.29 is 17.6 Å². The average molecular weight is 206 g/mol. The van der Waals surface area contributed by atoms with Crippen molar-refractivity contribution in [1.29, 1.82) is 0 Å². The van der Waals surface area contributed by atoms with E-state index in [-0.39, 0.29) is 0 Å². The van der Waals surface area contributed by atoms with Crippen molar-refractivity contribution in [1.82, 2.24) is 0 Å². The lowest BCUT2D eigenvalue weighted by Crippen LogP contribution is -2.21. The summed E-state index contributed by atoms with van der Waals surface area (Å²) in [5, 5.41) is 0. The average Bonchev–Trinajstić information content (AvgIpc) is 2.01. The molecule has 14 heavy (non-hydrogen) atoms. The lowest BCUT2D eigenvalue weighted by Gasteiger charge is -2.20. The number of rotatable bonds is 2. The molecule has 0 aliphatic carbocycles. The molecule has 0 saturated heterocycles. The zero-order valence-corrected chi connectivity index (χ0v) is 7.82. The normalized spacial score (nSPS) is 12.2. The van der Waals surface area contributed by atoms with Crippen LogP contribution in [0.25, 0.3) is 0 Å². The van der Waals surface area contributed by atoms with Gasteiger partial charge in [-0.25, -0.2) is 17.6 Å². The smallest absolute Gasteiger partial charge is 0.207 e. The first-order valence-electron chi connectivity index (χ1n) is 4.18. The van der Waals surface area contributed by atoms with Crippen LogP contribution in [0.2, 0.25) is 0 Å². The van der Waals surface area contributed by atoms with Gasteiger partial charge in [0.2, 0.25) is 0 Å². The van der Waals surface area contributed by atoms with Gasteiger partial charge in [-0.15, -0.1) is 0 Å². The SMILES string of the molecule is CC(C)C(F)(F)c1cc(F)cc(F)c1. The van der Waals surface area contributed by atoms with Crippen LogP contribution >= 0.6 is 0 Å². The largest absolute Gasteiger partial charge is 0.275 e. The molecule has 0 N–H and O–H groups in total. The van der Waals surface area contributed by atoms with Crippen LogP contribution in [0.1, 0.15) is 19.4 Å². The topological polar surface area (TPSA) is 0 Å². The Morgan fingerprint density at radius 1 is 1.00 bits per heavy atom. The van der Waals surface area contributed by atoms with E-state index >= 15 is 0 Å². The van der Waals surface area contributed by atoms with Gasteiger partial charge in [0.25, 0.3) is 5.92 Å². The number of hydrogen-bond donors (Lipinski definition) is 0. The van der Waals surface area contributed by atoms with Gasteiger partial charge in [-0.3, -0.25) is 0 Å². The van der Waals surface area contributed by atoms with Gasteiger partial charge in [-0.1, -0.05) is 13.8 Å². The Labute approximate surface area is 79.6 Å². The van der Waals surface area contributed by atoms with Crippen LogP contribution in [-0.4, -0.2) is 0 Å². The third-order valence-electron chi connectivity index (χ3n) is 1.97. The van der Waals surface area contributed by atoms with Gasteiger partial charge in [0.05, 0.1) is 0 Å². The molecule has 0 bridgehead atoms. The zero-order valence-electron chi connectivity index (χ0n) is 7.82. The maximum atomic E-state index is 13.3. The molecule has 0 fully saturated rings. The van der Waals surface area contributed by atoms with E-state index < -0.39 is 29.0 Å². The third-order valence-corrected chi connectivity index (χ3v) is 1.97. The first-order valence-corrected chi connectivity index (χ1v) is 4.18. The molecule has 0 amide bonds. The Kier molecular flexibility index (Phi) is 2.83.